The van der Waals surface area contributed by atoms with Crippen LogP contribution in [0.1, 0.15) is 32.8 Å². The minimum Gasteiger partial charge on any atom is -0.481 e. The number of carbonyl (C=O) groups is 2. The van der Waals surface area contributed by atoms with Crippen LogP contribution < -0.4 is 10.2 Å². The second kappa shape index (κ2) is 8.29. The third kappa shape index (κ3) is 5.82. The Morgan fingerprint density at radius 1 is 1.19 bits per heavy atom. The highest BCUT2D eigenvalue weighted by molar-refractivity contribution is 5.69. The molecule has 0 aliphatic carbocycles. The molecule has 1 aromatic rings. The number of carboxylic acids is 1. The number of rotatable bonds is 5. The van der Waals surface area contributed by atoms with Crippen molar-refractivity contribution in [1.29, 1.82) is 0 Å². The second-order valence-corrected chi connectivity index (χ2v) is 7.53. The van der Waals surface area contributed by atoms with Crippen LogP contribution in [-0.4, -0.2) is 60.4 Å². The Morgan fingerprint density at radius 3 is 2.38 bits per heavy atom. The molecule has 0 unspecified atom stereocenters. The predicted molar refractivity (Wildman–Crippen MR) is 102 cm³/mol. The Kier molecular flexibility index (Phi) is 6.34. The Balaban J connectivity index is 1.90. The molecule has 7 nitrogen and oxygen atoms in total. The van der Waals surface area contributed by atoms with Gasteiger partial charge in [-0.1, -0.05) is 0 Å². The van der Waals surface area contributed by atoms with Crippen molar-refractivity contribution in [2.45, 2.75) is 39.7 Å². The van der Waals surface area contributed by atoms with Gasteiger partial charge in [-0.2, -0.15) is 0 Å². The van der Waals surface area contributed by atoms with Crippen molar-refractivity contribution in [3.8, 4) is 0 Å². The molecular weight excluding hydrogens is 334 g/mol. The lowest BCUT2D eigenvalue weighted by Gasteiger charge is -2.37. The van der Waals surface area contributed by atoms with Gasteiger partial charge in [0.25, 0.3) is 0 Å². The molecule has 1 aliphatic heterocycles. The van der Waals surface area contributed by atoms with Gasteiger partial charge >= 0.3 is 12.1 Å². The maximum atomic E-state index is 12.2. The maximum Gasteiger partial charge on any atom is 0.410 e. The third-order valence-corrected chi connectivity index (χ3v) is 4.14. The van der Waals surface area contributed by atoms with Crippen molar-refractivity contribution >= 4 is 23.4 Å². The van der Waals surface area contributed by atoms with E-state index < -0.39 is 11.6 Å². The summed E-state index contributed by atoms with van der Waals surface area (Å²) in [6.07, 6.45) is -0.167. The zero-order chi connectivity index (χ0) is 19.3. The van der Waals surface area contributed by atoms with Crippen LogP contribution in [-0.2, 0) is 9.53 Å². The van der Waals surface area contributed by atoms with Crippen LogP contribution in [0, 0.1) is 6.92 Å². The molecule has 144 valence electrons. The number of nitrogens with zero attached hydrogens (tertiary/aromatic N) is 2. The number of carboxylic acid groups (broad SMARTS) is 1. The highest BCUT2D eigenvalue weighted by Crippen LogP contribution is 2.25. The van der Waals surface area contributed by atoms with Crippen LogP contribution in [0.4, 0.5) is 16.2 Å². The number of nitrogens with one attached hydrogen (secondary N) is 1. The summed E-state index contributed by atoms with van der Waals surface area (Å²) in [6.45, 7) is 10.8. The lowest BCUT2D eigenvalue weighted by atomic mass is 10.1. The van der Waals surface area contributed by atoms with Crippen LogP contribution in [0.2, 0.25) is 0 Å². The highest BCUT2D eigenvalue weighted by Gasteiger charge is 2.26. The zero-order valence-electron chi connectivity index (χ0n) is 16.0. The smallest absolute Gasteiger partial charge is 0.410 e. The Bertz CT molecular complexity index is 647. The predicted octanol–water partition coefficient (Wildman–Crippen LogP) is 2.94. The first-order valence-electron chi connectivity index (χ1n) is 8.95. The molecule has 0 atom stereocenters. The minimum atomic E-state index is -0.811. The number of amides is 1. The molecule has 1 aromatic carbocycles. The zero-order valence-corrected chi connectivity index (χ0v) is 16.0. The molecule has 0 aromatic heterocycles. The summed E-state index contributed by atoms with van der Waals surface area (Å²) in [4.78, 5) is 26.7. The summed E-state index contributed by atoms with van der Waals surface area (Å²) >= 11 is 0. The summed E-state index contributed by atoms with van der Waals surface area (Å²) in [5.74, 6) is -0.811. The van der Waals surface area contributed by atoms with Crippen molar-refractivity contribution in [2.75, 3.05) is 42.9 Å². The number of benzene rings is 1. The average Bonchev–Trinajstić information content (AvgIpc) is 2.53. The SMILES string of the molecule is Cc1cc(NCCC(=O)O)ccc1N1CCN(C(=O)OC(C)(C)C)CC1. The molecule has 0 bridgehead atoms. The van der Waals surface area contributed by atoms with Gasteiger partial charge in [0.05, 0.1) is 6.42 Å². The highest BCUT2D eigenvalue weighted by atomic mass is 16.6. The molecule has 26 heavy (non-hydrogen) atoms. The Labute approximate surface area is 154 Å². The van der Waals surface area contributed by atoms with Crippen LogP contribution >= 0.6 is 0 Å². The van der Waals surface area contributed by atoms with Crippen molar-refractivity contribution in [2.24, 2.45) is 0 Å². The largest absolute Gasteiger partial charge is 0.481 e. The topological polar surface area (TPSA) is 82.1 Å². The van der Waals surface area contributed by atoms with Gasteiger partial charge in [-0.05, 0) is 51.5 Å². The van der Waals surface area contributed by atoms with Crippen molar-refractivity contribution in [3.63, 3.8) is 0 Å². The molecule has 7 heteroatoms. The Morgan fingerprint density at radius 2 is 1.85 bits per heavy atom. The third-order valence-electron chi connectivity index (χ3n) is 4.14. The lowest BCUT2D eigenvalue weighted by Crippen LogP contribution is -2.50. The fourth-order valence-electron chi connectivity index (χ4n) is 2.89. The quantitative estimate of drug-likeness (QED) is 0.837. The van der Waals surface area contributed by atoms with Crippen LogP contribution in [0.25, 0.3) is 0 Å². The van der Waals surface area contributed by atoms with Crippen molar-refractivity contribution < 1.29 is 19.4 Å². The molecule has 0 spiro atoms. The fraction of sp³-hybridized carbons (Fsp3) is 0.579. The number of aliphatic carboxylic acids is 1. The number of ether oxygens (including phenoxy) is 1. The van der Waals surface area contributed by atoms with Crippen LogP contribution in [0.15, 0.2) is 18.2 Å². The van der Waals surface area contributed by atoms with E-state index in [1.54, 1.807) is 4.90 Å². The fourth-order valence-corrected chi connectivity index (χ4v) is 2.89. The monoisotopic (exact) mass is 363 g/mol. The lowest BCUT2D eigenvalue weighted by molar-refractivity contribution is -0.136. The van der Waals surface area contributed by atoms with Gasteiger partial charge in [-0.15, -0.1) is 0 Å². The van der Waals surface area contributed by atoms with Crippen molar-refractivity contribution in [3.05, 3.63) is 23.8 Å². The molecule has 1 heterocycles. The molecule has 1 fully saturated rings. The molecular formula is C19H29N3O4. The van der Waals surface area contributed by atoms with Gasteiger partial charge in [0.2, 0.25) is 0 Å². The molecule has 0 radical (unpaired) electrons. The van der Waals surface area contributed by atoms with Gasteiger partial charge in [-0.25, -0.2) is 4.79 Å². The van der Waals surface area contributed by atoms with E-state index >= 15 is 0 Å². The molecule has 0 saturated carbocycles. The van der Waals surface area contributed by atoms with E-state index in [2.05, 4.69) is 10.2 Å². The van der Waals surface area contributed by atoms with E-state index in [-0.39, 0.29) is 12.5 Å². The Hall–Kier alpha value is -2.44. The van der Waals surface area contributed by atoms with Gasteiger partial charge in [0.1, 0.15) is 5.60 Å². The van der Waals surface area contributed by atoms with Crippen LogP contribution in [0.3, 0.4) is 0 Å². The molecule has 2 rings (SSSR count). The van der Waals surface area contributed by atoms with Crippen molar-refractivity contribution in [1.82, 2.24) is 4.90 Å². The van der Waals surface area contributed by atoms with E-state index in [1.807, 2.05) is 45.9 Å². The van der Waals surface area contributed by atoms with E-state index in [0.29, 0.717) is 19.6 Å². The normalized spacial score (nSPS) is 14.9. The molecule has 1 saturated heterocycles. The second-order valence-electron chi connectivity index (χ2n) is 7.53. The number of piperazine rings is 1. The summed E-state index contributed by atoms with van der Waals surface area (Å²) in [5.41, 5.74) is 2.70. The number of hydrogen-bond acceptors (Lipinski definition) is 5. The first-order chi connectivity index (χ1) is 12.2. The molecule has 1 aliphatic rings. The average molecular weight is 363 g/mol. The van der Waals surface area contributed by atoms with E-state index in [4.69, 9.17) is 9.84 Å². The van der Waals surface area contributed by atoms with Gasteiger partial charge < -0.3 is 25.0 Å². The standard InChI is InChI=1S/C19H29N3O4/c1-14-13-15(20-8-7-17(23)24)5-6-16(14)21-9-11-22(12-10-21)18(25)26-19(2,3)4/h5-6,13,20H,7-12H2,1-4H3,(H,23,24). The van der Waals surface area contributed by atoms with E-state index in [0.717, 1.165) is 30.0 Å². The number of carbonyl (C=O) groups excluding carboxylic acids is 1. The van der Waals surface area contributed by atoms with Gasteiger partial charge in [0.15, 0.2) is 0 Å². The summed E-state index contributed by atoms with van der Waals surface area (Å²) in [5, 5.41) is 11.8. The van der Waals surface area contributed by atoms with Crippen LogP contribution in [0.5, 0.6) is 0 Å². The van der Waals surface area contributed by atoms with Gasteiger partial charge in [0, 0.05) is 44.1 Å². The maximum absolute atomic E-state index is 12.2. The molecule has 2 N–H and O–H groups in total. The number of hydrogen-bond donors (Lipinski definition) is 2. The van der Waals surface area contributed by atoms with E-state index in [9.17, 15) is 9.59 Å². The first kappa shape index (κ1) is 19.9. The van der Waals surface area contributed by atoms with Gasteiger partial charge in [-0.3, -0.25) is 4.79 Å². The number of anilines is 2. The summed E-state index contributed by atoms with van der Waals surface area (Å²) < 4.78 is 5.43. The van der Waals surface area contributed by atoms with E-state index in [1.165, 1.54) is 0 Å². The summed E-state index contributed by atoms with van der Waals surface area (Å²) in [7, 11) is 0. The first-order valence-corrected chi connectivity index (χ1v) is 8.95. The summed E-state index contributed by atoms with van der Waals surface area (Å²) in [6, 6.07) is 6.03. The number of aryl methyl sites for hydroxylation is 1. The minimum absolute atomic E-state index is 0.0907. The molecule has 1 amide bonds.